The minimum Gasteiger partial charge on any atom is -0.504 e. The lowest BCUT2D eigenvalue weighted by Gasteiger charge is -2.21. The van der Waals surface area contributed by atoms with Crippen molar-refractivity contribution in [3.05, 3.63) is 47.5 Å². The summed E-state index contributed by atoms with van der Waals surface area (Å²) < 4.78 is 12.5. The van der Waals surface area contributed by atoms with E-state index in [2.05, 4.69) is 13.8 Å². The third-order valence-electron chi connectivity index (χ3n) is 9.41. The lowest BCUT2D eigenvalue weighted by atomic mass is 10.0. The molecule has 2 aromatic carbocycles. The van der Waals surface area contributed by atoms with Crippen molar-refractivity contribution >= 4 is 23.6 Å². The Morgan fingerprint density at radius 3 is 1.83 bits per heavy atom. The number of carboxylic acid groups (broad SMARTS) is 2. The van der Waals surface area contributed by atoms with E-state index in [1.54, 1.807) is 18.2 Å². The molecule has 0 spiro atoms. The van der Waals surface area contributed by atoms with Gasteiger partial charge in [-0.3, -0.25) is 19.2 Å². The van der Waals surface area contributed by atoms with E-state index < -0.39 is 36.7 Å². The summed E-state index contributed by atoms with van der Waals surface area (Å²) in [5.74, 6) is -4.67. The highest BCUT2D eigenvalue weighted by atomic mass is 16.5. The maximum atomic E-state index is 13.1. The molecule has 4 N–H and O–H groups in total. The van der Waals surface area contributed by atoms with Crippen LogP contribution in [0.5, 0.6) is 23.0 Å². The first-order valence-electron chi connectivity index (χ1n) is 19.8. The molecule has 296 valence electrons. The number of unbranched alkanes of at least 4 members (excludes halogenated alkanes) is 15. The van der Waals surface area contributed by atoms with Crippen LogP contribution in [0.4, 0.5) is 0 Å². The molecule has 0 bridgehead atoms. The number of carbonyl (C=O) groups excluding carboxylic acids is 2. The number of hydrogen-bond donors (Lipinski definition) is 4. The van der Waals surface area contributed by atoms with Gasteiger partial charge in [0.2, 0.25) is 0 Å². The molecule has 1 unspecified atom stereocenters. The number of carboxylic acids is 2. The average Bonchev–Trinajstić information content (AvgIpc) is 3.13. The molecule has 0 aromatic heterocycles. The quantitative estimate of drug-likeness (QED) is 0.0253. The molecule has 0 saturated carbocycles. The number of Topliss-reactive ketones (excluding diaryl/α,β-unsaturated/α-hetero) is 1. The van der Waals surface area contributed by atoms with Crippen molar-refractivity contribution in [3.8, 4) is 23.0 Å². The Morgan fingerprint density at radius 2 is 1.25 bits per heavy atom. The Balaban J connectivity index is 1.96. The third-order valence-corrected chi connectivity index (χ3v) is 9.41. The fourth-order valence-electron chi connectivity index (χ4n) is 6.30. The lowest BCUT2D eigenvalue weighted by molar-refractivity contribution is -0.147. The number of rotatable bonds is 31. The van der Waals surface area contributed by atoms with Crippen LogP contribution in [-0.2, 0) is 20.8 Å². The molecule has 0 aliphatic heterocycles. The molecule has 0 aliphatic rings. The second-order valence-corrected chi connectivity index (χ2v) is 13.9. The summed E-state index contributed by atoms with van der Waals surface area (Å²) >= 11 is 0. The number of benzene rings is 2. The molecular weight excluding hydrogens is 678 g/mol. The Bertz CT molecular complexity index is 1380. The summed E-state index contributed by atoms with van der Waals surface area (Å²) in [7, 11) is 0. The van der Waals surface area contributed by atoms with Crippen molar-refractivity contribution in [2.75, 3.05) is 19.7 Å². The van der Waals surface area contributed by atoms with Crippen LogP contribution in [0.3, 0.4) is 0 Å². The molecular formula is C42H63NO10. The number of phenols is 2. The first-order valence-corrected chi connectivity index (χ1v) is 19.8. The van der Waals surface area contributed by atoms with Gasteiger partial charge in [0.1, 0.15) is 13.1 Å². The van der Waals surface area contributed by atoms with E-state index in [0.29, 0.717) is 35.7 Å². The fourth-order valence-corrected chi connectivity index (χ4v) is 6.30. The van der Waals surface area contributed by atoms with Crippen molar-refractivity contribution in [2.24, 2.45) is 0 Å². The number of carbonyl (C=O) groups is 4. The Kier molecular flexibility index (Phi) is 22.4. The fraction of sp³-hybridized carbons (Fsp3) is 0.619. The van der Waals surface area contributed by atoms with Crippen molar-refractivity contribution < 1.29 is 49.1 Å². The molecule has 53 heavy (non-hydrogen) atoms. The number of amides is 1. The third kappa shape index (κ3) is 18.4. The first kappa shape index (κ1) is 44.9. The van der Waals surface area contributed by atoms with Crippen molar-refractivity contribution in [1.29, 1.82) is 0 Å². The van der Waals surface area contributed by atoms with E-state index in [4.69, 9.17) is 19.7 Å². The summed E-state index contributed by atoms with van der Waals surface area (Å²) in [4.78, 5) is 49.0. The number of hydrogen-bond acceptors (Lipinski definition) is 8. The zero-order valence-corrected chi connectivity index (χ0v) is 32.0. The molecule has 2 aromatic rings. The van der Waals surface area contributed by atoms with Gasteiger partial charge in [0.25, 0.3) is 11.7 Å². The molecule has 11 heteroatoms. The van der Waals surface area contributed by atoms with Gasteiger partial charge in [-0.15, -0.1) is 0 Å². The van der Waals surface area contributed by atoms with Gasteiger partial charge in [-0.2, -0.15) is 0 Å². The van der Waals surface area contributed by atoms with Crippen LogP contribution in [-0.4, -0.2) is 74.8 Å². The van der Waals surface area contributed by atoms with E-state index in [-0.39, 0.29) is 28.9 Å². The highest BCUT2D eigenvalue weighted by Crippen LogP contribution is 2.32. The number of ketones is 1. The Morgan fingerprint density at radius 1 is 0.679 bits per heavy atom. The highest BCUT2D eigenvalue weighted by molar-refractivity contribution is 6.43. The van der Waals surface area contributed by atoms with Crippen LogP contribution in [0.25, 0.3) is 0 Å². The number of ether oxygens (including phenoxy) is 2. The van der Waals surface area contributed by atoms with Crippen LogP contribution in [0.2, 0.25) is 0 Å². The van der Waals surface area contributed by atoms with E-state index in [1.807, 2.05) is 0 Å². The molecule has 0 saturated heterocycles. The summed E-state index contributed by atoms with van der Waals surface area (Å²) in [6, 6.07) is 9.31. The molecule has 0 aliphatic carbocycles. The maximum Gasteiger partial charge on any atom is 0.323 e. The van der Waals surface area contributed by atoms with Crippen LogP contribution < -0.4 is 9.47 Å². The number of phenolic OH excluding ortho intramolecular Hbond substituents is 2. The zero-order chi connectivity index (χ0) is 38.8. The lowest BCUT2D eigenvalue weighted by Crippen LogP contribution is -2.43. The first-order chi connectivity index (χ1) is 25.6. The Hall–Kier alpha value is -4.28. The molecule has 0 radical (unpaired) electrons. The highest BCUT2D eigenvalue weighted by Gasteiger charge is 2.28. The van der Waals surface area contributed by atoms with Gasteiger partial charge in [-0.05, 0) is 68.4 Å². The summed E-state index contributed by atoms with van der Waals surface area (Å²) in [5.41, 5.74) is 0.627. The topological polar surface area (TPSA) is 171 Å². The van der Waals surface area contributed by atoms with E-state index in [0.717, 1.165) is 44.9 Å². The van der Waals surface area contributed by atoms with Gasteiger partial charge in [-0.1, -0.05) is 116 Å². The van der Waals surface area contributed by atoms with Gasteiger partial charge in [0.15, 0.2) is 23.0 Å². The van der Waals surface area contributed by atoms with Gasteiger partial charge >= 0.3 is 11.9 Å². The molecule has 1 amide bonds. The van der Waals surface area contributed by atoms with Crippen molar-refractivity contribution in [3.63, 3.8) is 0 Å². The van der Waals surface area contributed by atoms with Crippen LogP contribution in [0, 0.1) is 0 Å². The Labute approximate surface area is 315 Å². The number of aryl methyl sites for hydroxylation is 1. The molecule has 0 heterocycles. The summed E-state index contributed by atoms with van der Waals surface area (Å²) in [6.07, 6.45) is 21.9. The predicted molar refractivity (Wildman–Crippen MR) is 205 cm³/mol. The zero-order valence-electron chi connectivity index (χ0n) is 32.0. The summed E-state index contributed by atoms with van der Waals surface area (Å²) in [5, 5.41) is 38.1. The summed E-state index contributed by atoms with van der Waals surface area (Å²) in [6.45, 7) is 2.75. The van der Waals surface area contributed by atoms with Crippen molar-refractivity contribution in [1.82, 2.24) is 4.90 Å². The van der Waals surface area contributed by atoms with E-state index in [1.165, 1.54) is 88.8 Å². The standard InChI is InChI=1S/C42H63NO10/c1-3-5-6-7-8-9-10-11-12-13-14-15-19-24-34(4-2)53-36-27-26-33(41(50)42(51)43(30-38(45)46)31-39(47)48)29-37(36)52-28-20-17-16-18-22-32-23-21-25-35(44)40(32)49/h21,23,25-27,29,34,44,49H,3-20,22,24,28,30-31H2,1-2H3,(H,45,46)(H,47,48). The number of aliphatic carboxylic acids is 2. The monoisotopic (exact) mass is 741 g/mol. The van der Waals surface area contributed by atoms with Gasteiger partial charge in [0, 0.05) is 5.56 Å². The largest absolute Gasteiger partial charge is 0.504 e. The number of para-hydroxylation sites is 1. The average molecular weight is 742 g/mol. The SMILES string of the molecule is CCCCCCCCCCCCCCCC(CC)Oc1ccc(C(=O)C(=O)N(CC(=O)O)CC(=O)O)cc1OCCCCCCc1cccc(O)c1O. The van der Waals surface area contributed by atoms with Crippen LogP contribution >= 0.6 is 0 Å². The second-order valence-electron chi connectivity index (χ2n) is 13.9. The van der Waals surface area contributed by atoms with Crippen molar-refractivity contribution in [2.45, 2.75) is 148 Å². The van der Waals surface area contributed by atoms with E-state index in [9.17, 15) is 29.4 Å². The molecule has 1 atom stereocenters. The van der Waals surface area contributed by atoms with Crippen LogP contribution in [0.1, 0.15) is 152 Å². The minimum absolute atomic E-state index is 0.0615. The van der Waals surface area contributed by atoms with Gasteiger partial charge in [0.05, 0.1) is 12.7 Å². The number of aromatic hydroxyl groups is 2. The normalized spacial score (nSPS) is 11.6. The van der Waals surface area contributed by atoms with Gasteiger partial charge < -0.3 is 34.8 Å². The smallest absolute Gasteiger partial charge is 0.323 e. The van der Waals surface area contributed by atoms with E-state index >= 15 is 0 Å². The molecule has 11 nitrogen and oxygen atoms in total. The minimum atomic E-state index is -1.44. The molecule has 2 rings (SSSR count). The van der Waals surface area contributed by atoms with Crippen LogP contribution in [0.15, 0.2) is 36.4 Å². The predicted octanol–water partition coefficient (Wildman–Crippen LogP) is 9.10. The van der Waals surface area contributed by atoms with Gasteiger partial charge in [-0.25, -0.2) is 0 Å². The second kappa shape index (κ2) is 26.5. The number of nitrogens with zero attached hydrogens (tertiary/aromatic N) is 1. The maximum absolute atomic E-state index is 13.1. The molecule has 0 fully saturated rings.